The predicted octanol–water partition coefficient (Wildman–Crippen LogP) is 4.71. The molecule has 0 saturated carbocycles. The number of amidine groups is 1. The monoisotopic (exact) mass is 449 g/mol. The number of aromatic nitrogens is 4. The van der Waals surface area contributed by atoms with Gasteiger partial charge in [0.1, 0.15) is 17.5 Å². The third-order valence-corrected chi connectivity index (χ3v) is 4.51. The minimum atomic E-state index is -0.203. The molecular weight excluding hydrogens is 414 g/mol. The summed E-state index contributed by atoms with van der Waals surface area (Å²) in [4.78, 5) is 30.1. The number of rotatable bonds is 8. The predicted molar refractivity (Wildman–Crippen MR) is 133 cm³/mol. The molecule has 0 saturated heterocycles. The molecule has 5 N–H and O–H groups in total. The highest BCUT2D eigenvalue weighted by molar-refractivity contribution is 6.18. The Kier molecular flexibility index (Phi) is 12.8. The number of fused-ring (bicyclic) bond motifs is 3. The van der Waals surface area contributed by atoms with Crippen LogP contribution in [0, 0.1) is 0 Å². The average molecular weight is 450 g/mol. The van der Waals surface area contributed by atoms with Gasteiger partial charge in [0.15, 0.2) is 0 Å². The van der Waals surface area contributed by atoms with Crippen molar-refractivity contribution in [1.82, 2.24) is 24.8 Å². The second-order valence-electron chi connectivity index (χ2n) is 6.53. The summed E-state index contributed by atoms with van der Waals surface area (Å²) in [6.07, 6.45) is 11.2. The van der Waals surface area contributed by atoms with Gasteiger partial charge in [-0.2, -0.15) is 0 Å². The molecule has 3 aromatic rings. The van der Waals surface area contributed by atoms with Crippen LogP contribution < -0.4 is 11.4 Å². The van der Waals surface area contributed by atoms with E-state index in [9.17, 15) is 4.79 Å². The van der Waals surface area contributed by atoms with Gasteiger partial charge in [0, 0.05) is 31.1 Å². The summed E-state index contributed by atoms with van der Waals surface area (Å²) >= 11 is 5.68. The van der Waals surface area contributed by atoms with Crippen molar-refractivity contribution in [2.45, 2.75) is 53.4 Å². The first-order valence-corrected chi connectivity index (χ1v) is 11.4. The molecule has 9 heteroatoms. The zero-order valence-corrected chi connectivity index (χ0v) is 19.8. The Morgan fingerprint density at radius 2 is 2.03 bits per heavy atom. The van der Waals surface area contributed by atoms with E-state index in [1.54, 1.807) is 18.6 Å². The first-order valence-electron chi connectivity index (χ1n) is 10.9. The number of halogens is 1. The third-order valence-electron chi connectivity index (χ3n) is 4.39. The molecule has 0 atom stereocenters. The molecule has 0 aliphatic rings. The van der Waals surface area contributed by atoms with E-state index in [2.05, 4.69) is 43.7 Å². The van der Waals surface area contributed by atoms with Gasteiger partial charge in [0.05, 0.1) is 17.2 Å². The fourth-order valence-corrected chi connectivity index (χ4v) is 3.17. The lowest BCUT2D eigenvalue weighted by atomic mass is 10.2. The highest BCUT2D eigenvalue weighted by Crippen LogP contribution is 2.17. The Morgan fingerprint density at radius 3 is 2.68 bits per heavy atom. The van der Waals surface area contributed by atoms with Crippen LogP contribution in [-0.4, -0.2) is 49.8 Å². The summed E-state index contributed by atoms with van der Waals surface area (Å²) in [6, 6.07) is 2.20. The maximum Gasteiger partial charge on any atom is 0.323 e. The number of aliphatic imine (C=N–C) groups is 1. The number of hydrogen-bond donors (Lipinski definition) is 4. The number of aromatic amines is 3. The van der Waals surface area contributed by atoms with Gasteiger partial charge in [-0.25, -0.2) is 9.78 Å². The van der Waals surface area contributed by atoms with Crippen LogP contribution in [0.3, 0.4) is 0 Å². The number of nitrogens with zero attached hydrogens (tertiary/aromatic N) is 3. The summed E-state index contributed by atoms with van der Waals surface area (Å²) < 4.78 is 0. The molecular formula is C22H36ClN7O. The van der Waals surface area contributed by atoms with Crippen LogP contribution >= 0.6 is 11.6 Å². The minimum Gasteiger partial charge on any atom is -0.405 e. The van der Waals surface area contributed by atoms with E-state index in [0.29, 0.717) is 6.00 Å². The Balaban J connectivity index is 0.000000290. The molecule has 31 heavy (non-hydrogen) atoms. The van der Waals surface area contributed by atoms with Crippen molar-refractivity contribution in [2.75, 3.05) is 19.1 Å². The molecule has 3 heterocycles. The summed E-state index contributed by atoms with van der Waals surface area (Å²) in [7, 11) is 0. The van der Waals surface area contributed by atoms with Crippen molar-refractivity contribution < 1.29 is 0 Å². The molecule has 0 aliphatic heterocycles. The first-order chi connectivity index (χ1) is 15.1. The molecule has 0 unspecified atom stereocenters. The van der Waals surface area contributed by atoms with E-state index in [4.69, 9.17) is 17.3 Å². The largest absolute Gasteiger partial charge is 0.405 e. The van der Waals surface area contributed by atoms with Gasteiger partial charge in [-0.05, 0) is 25.1 Å². The molecule has 0 fully saturated rings. The average Bonchev–Trinajstić information content (AvgIpc) is 3.41. The number of hydrogen-bond acceptors (Lipinski definition) is 4. The Bertz CT molecular complexity index is 986. The van der Waals surface area contributed by atoms with Gasteiger partial charge in [0.25, 0.3) is 0 Å². The van der Waals surface area contributed by atoms with Gasteiger partial charge in [0.2, 0.25) is 0 Å². The van der Waals surface area contributed by atoms with Gasteiger partial charge in [-0.3, -0.25) is 4.99 Å². The van der Waals surface area contributed by atoms with Crippen LogP contribution in [0.2, 0.25) is 0 Å². The minimum absolute atomic E-state index is 0.203. The van der Waals surface area contributed by atoms with Crippen molar-refractivity contribution in [2.24, 2.45) is 10.7 Å². The number of pyridine rings is 1. The van der Waals surface area contributed by atoms with E-state index < -0.39 is 0 Å². The highest BCUT2D eigenvalue weighted by Gasteiger charge is 2.08. The summed E-state index contributed by atoms with van der Waals surface area (Å²) in [5, 5.41) is 0.927. The van der Waals surface area contributed by atoms with Crippen LogP contribution in [0.1, 0.15) is 53.4 Å². The lowest BCUT2D eigenvalue weighted by Gasteiger charge is -2.25. The fourth-order valence-electron chi connectivity index (χ4n) is 3.03. The second kappa shape index (κ2) is 15.1. The topological polar surface area (TPSA) is 119 Å². The molecule has 0 aliphatic carbocycles. The molecule has 3 aromatic heterocycles. The lowest BCUT2D eigenvalue weighted by molar-refractivity contribution is 0.401. The molecule has 0 aromatic carbocycles. The molecule has 3 rings (SSSR count). The van der Waals surface area contributed by atoms with Crippen LogP contribution in [0.15, 0.2) is 40.5 Å². The van der Waals surface area contributed by atoms with Crippen molar-refractivity contribution in [1.29, 1.82) is 0 Å². The standard InChI is InChI=1S/C12H24ClN3.C8H6N4O.C2H6/c1-3-5-10-16(9-4-2)12(15-11-13)7-6-8-14;13-8-11-5-3-10-7-4(1-2-9-7)6(5)12-8;1-2/h6,8H,3-5,7,9-11,14H2,1-2H3;1-3H,(H,9,10)(H2,11,12,13);1-2H3/b8-6-,15-12+;;. The lowest BCUT2D eigenvalue weighted by Crippen LogP contribution is -2.32. The van der Waals surface area contributed by atoms with E-state index in [1.165, 1.54) is 12.8 Å². The van der Waals surface area contributed by atoms with Crippen LogP contribution in [0.5, 0.6) is 0 Å². The summed E-state index contributed by atoms with van der Waals surface area (Å²) in [6.45, 7) is 10.5. The molecule has 0 spiro atoms. The Hall–Kier alpha value is -2.74. The normalized spacial score (nSPS) is 11.3. The molecule has 0 bridgehead atoms. The number of H-pyrrole nitrogens is 3. The van der Waals surface area contributed by atoms with E-state index in [1.807, 2.05) is 26.0 Å². The van der Waals surface area contributed by atoms with Gasteiger partial charge >= 0.3 is 5.69 Å². The fraction of sp³-hybridized carbons (Fsp3) is 0.500. The second-order valence-corrected chi connectivity index (χ2v) is 6.77. The summed E-state index contributed by atoms with van der Waals surface area (Å²) in [5.74, 6) is 1.05. The molecule has 0 radical (unpaired) electrons. The SMILES string of the molecule is CC.CCCCN(CCC)/C(C/C=C\N)=N/CCl.O=c1[nH]c2cnc3[nH]ccc3c2[nH]1. The van der Waals surface area contributed by atoms with Gasteiger partial charge < -0.3 is 25.6 Å². The van der Waals surface area contributed by atoms with E-state index >= 15 is 0 Å². The van der Waals surface area contributed by atoms with Gasteiger partial charge in [-0.15, -0.1) is 11.6 Å². The number of unbranched alkanes of at least 4 members (excludes halogenated alkanes) is 1. The number of alkyl halides is 1. The third kappa shape index (κ3) is 8.13. The van der Waals surface area contributed by atoms with Crippen LogP contribution in [-0.2, 0) is 0 Å². The van der Waals surface area contributed by atoms with Crippen molar-refractivity contribution in [3.63, 3.8) is 0 Å². The quantitative estimate of drug-likeness (QED) is 0.172. The maximum atomic E-state index is 11.0. The Morgan fingerprint density at radius 1 is 1.26 bits per heavy atom. The van der Waals surface area contributed by atoms with Crippen LogP contribution in [0.4, 0.5) is 0 Å². The van der Waals surface area contributed by atoms with Crippen LogP contribution in [0.25, 0.3) is 22.1 Å². The van der Waals surface area contributed by atoms with E-state index in [0.717, 1.165) is 53.8 Å². The van der Waals surface area contributed by atoms with E-state index in [-0.39, 0.29) is 5.69 Å². The zero-order valence-electron chi connectivity index (χ0n) is 19.0. The van der Waals surface area contributed by atoms with Crippen molar-refractivity contribution in [3.05, 3.63) is 41.2 Å². The molecule has 0 amide bonds. The summed E-state index contributed by atoms with van der Waals surface area (Å²) in [5.41, 5.74) is 7.47. The number of nitrogens with one attached hydrogen (secondary N) is 3. The smallest absolute Gasteiger partial charge is 0.323 e. The van der Waals surface area contributed by atoms with Crippen molar-refractivity contribution in [3.8, 4) is 0 Å². The van der Waals surface area contributed by atoms with Gasteiger partial charge in [-0.1, -0.05) is 40.2 Å². The number of imidazole rings is 1. The first kappa shape index (κ1) is 26.3. The Labute approximate surface area is 189 Å². The molecule has 8 nitrogen and oxygen atoms in total. The number of nitrogens with two attached hydrogens (primary N) is 1. The maximum absolute atomic E-state index is 11.0. The zero-order chi connectivity index (χ0) is 23.1. The molecule has 172 valence electrons. The highest BCUT2D eigenvalue weighted by atomic mass is 35.5. The van der Waals surface area contributed by atoms with Crippen molar-refractivity contribution >= 4 is 39.5 Å².